The van der Waals surface area contributed by atoms with Gasteiger partial charge in [-0.05, 0) is 50.0 Å². The molecule has 0 radical (unpaired) electrons. The van der Waals surface area contributed by atoms with E-state index >= 15 is 0 Å². The van der Waals surface area contributed by atoms with Gasteiger partial charge in [0.25, 0.3) is 0 Å². The molecular formula is C16H23N3O. The number of nitrogens with one attached hydrogen (secondary N) is 2. The van der Waals surface area contributed by atoms with Crippen LogP contribution in [0.5, 0.6) is 0 Å². The standard InChI is InChI=1S/C16H23N3O/c1-11(2)16-19-14-9-13(3-4-15(14)20-16)18-10-12-5-7-17-8-6-12/h3-4,9,11-12,17-18H,5-8,10H2,1-2H3. The first-order chi connectivity index (χ1) is 9.72. The van der Waals surface area contributed by atoms with Crippen molar-refractivity contribution in [3.8, 4) is 0 Å². The highest BCUT2D eigenvalue weighted by Crippen LogP contribution is 2.24. The number of anilines is 1. The first-order valence-corrected chi connectivity index (χ1v) is 7.57. The van der Waals surface area contributed by atoms with Crippen LogP contribution >= 0.6 is 0 Å². The van der Waals surface area contributed by atoms with E-state index in [1.807, 2.05) is 6.07 Å². The maximum Gasteiger partial charge on any atom is 0.198 e. The van der Waals surface area contributed by atoms with Gasteiger partial charge in [0.05, 0.1) is 0 Å². The van der Waals surface area contributed by atoms with Gasteiger partial charge in [-0.15, -0.1) is 0 Å². The Morgan fingerprint density at radius 1 is 1.35 bits per heavy atom. The quantitative estimate of drug-likeness (QED) is 0.897. The van der Waals surface area contributed by atoms with Crippen molar-refractivity contribution in [2.75, 3.05) is 25.0 Å². The zero-order chi connectivity index (χ0) is 13.9. The molecule has 0 saturated carbocycles. The zero-order valence-corrected chi connectivity index (χ0v) is 12.3. The van der Waals surface area contributed by atoms with Crippen LogP contribution in [-0.2, 0) is 0 Å². The molecule has 4 nitrogen and oxygen atoms in total. The van der Waals surface area contributed by atoms with Crippen molar-refractivity contribution in [3.05, 3.63) is 24.1 Å². The number of benzene rings is 1. The molecule has 0 amide bonds. The van der Waals surface area contributed by atoms with Gasteiger partial charge in [-0.25, -0.2) is 4.98 Å². The van der Waals surface area contributed by atoms with E-state index in [2.05, 4.69) is 41.6 Å². The molecule has 1 aliphatic heterocycles. The van der Waals surface area contributed by atoms with Crippen molar-refractivity contribution in [1.82, 2.24) is 10.3 Å². The van der Waals surface area contributed by atoms with Gasteiger partial charge >= 0.3 is 0 Å². The fourth-order valence-electron chi connectivity index (χ4n) is 2.65. The van der Waals surface area contributed by atoms with Gasteiger partial charge in [0.1, 0.15) is 5.52 Å². The third kappa shape index (κ3) is 2.96. The lowest BCUT2D eigenvalue weighted by Gasteiger charge is -2.23. The summed E-state index contributed by atoms with van der Waals surface area (Å²) >= 11 is 0. The Hall–Kier alpha value is -1.55. The fourth-order valence-corrected chi connectivity index (χ4v) is 2.65. The number of hydrogen-bond acceptors (Lipinski definition) is 4. The minimum absolute atomic E-state index is 0.327. The van der Waals surface area contributed by atoms with Crippen molar-refractivity contribution in [3.63, 3.8) is 0 Å². The SMILES string of the molecule is CC(C)c1nc2cc(NCC3CCNCC3)ccc2o1. The molecule has 1 fully saturated rings. The first-order valence-electron chi connectivity index (χ1n) is 7.57. The Bertz CT molecular complexity index is 570. The fraction of sp³-hybridized carbons (Fsp3) is 0.562. The third-order valence-corrected chi connectivity index (χ3v) is 3.95. The van der Waals surface area contributed by atoms with Gasteiger partial charge in [0.2, 0.25) is 0 Å². The second-order valence-electron chi connectivity index (χ2n) is 5.96. The lowest BCUT2D eigenvalue weighted by Crippen LogP contribution is -2.31. The van der Waals surface area contributed by atoms with Gasteiger partial charge in [-0.1, -0.05) is 13.8 Å². The van der Waals surface area contributed by atoms with Crippen LogP contribution in [0.1, 0.15) is 38.5 Å². The first kappa shape index (κ1) is 13.4. The Morgan fingerprint density at radius 2 is 2.15 bits per heavy atom. The minimum atomic E-state index is 0.327. The van der Waals surface area contributed by atoms with Crippen LogP contribution in [0.4, 0.5) is 5.69 Å². The molecule has 2 aromatic rings. The normalized spacial score (nSPS) is 16.9. The van der Waals surface area contributed by atoms with E-state index in [-0.39, 0.29) is 0 Å². The smallest absolute Gasteiger partial charge is 0.198 e. The highest BCUT2D eigenvalue weighted by Gasteiger charge is 2.13. The van der Waals surface area contributed by atoms with E-state index in [0.717, 1.165) is 48.2 Å². The summed E-state index contributed by atoms with van der Waals surface area (Å²) in [7, 11) is 0. The molecule has 108 valence electrons. The number of fused-ring (bicyclic) bond motifs is 1. The lowest BCUT2D eigenvalue weighted by atomic mass is 9.98. The molecule has 2 N–H and O–H groups in total. The zero-order valence-electron chi connectivity index (χ0n) is 12.3. The second-order valence-corrected chi connectivity index (χ2v) is 5.96. The highest BCUT2D eigenvalue weighted by atomic mass is 16.3. The van der Waals surface area contributed by atoms with Crippen LogP contribution in [0.3, 0.4) is 0 Å². The van der Waals surface area contributed by atoms with Crippen molar-refractivity contribution >= 4 is 16.8 Å². The van der Waals surface area contributed by atoms with E-state index in [4.69, 9.17) is 4.42 Å². The van der Waals surface area contributed by atoms with E-state index in [0.29, 0.717) is 5.92 Å². The highest BCUT2D eigenvalue weighted by molar-refractivity contribution is 5.77. The summed E-state index contributed by atoms with van der Waals surface area (Å²) < 4.78 is 5.73. The molecule has 0 atom stereocenters. The Labute approximate surface area is 120 Å². The van der Waals surface area contributed by atoms with Crippen LogP contribution in [0.25, 0.3) is 11.1 Å². The maximum absolute atomic E-state index is 5.73. The van der Waals surface area contributed by atoms with Gasteiger partial charge in [-0.3, -0.25) is 0 Å². The molecular weight excluding hydrogens is 250 g/mol. The average molecular weight is 273 g/mol. The number of aromatic nitrogens is 1. The summed E-state index contributed by atoms with van der Waals surface area (Å²) in [5.74, 6) is 1.92. The van der Waals surface area contributed by atoms with Crippen LogP contribution in [0.15, 0.2) is 22.6 Å². The molecule has 4 heteroatoms. The number of rotatable bonds is 4. The second kappa shape index (κ2) is 5.83. The summed E-state index contributed by atoms with van der Waals surface area (Å²) in [5, 5.41) is 6.94. The molecule has 3 rings (SSSR count). The number of hydrogen-bond donors (Lipinski definition) is 2. The molecule has 0 spiro atoms. The molecule has 20 heavy (non-hydrogen) atoms. The molecule has 0 aliphatic carbocycles. The van der Waals surface area contributed by atoms with Crippen LogP contribution in [0.2, 0.25) is 0 Å². The molecule has 1 aliphatic rings. The molecule has 2 heterocycles. The number of oxazole rings is 1. The summed E-state index contributed by atoms with van der Waals surface area (Å²) in [6.07, 6.45) is 2.52. The van der Waals surface area contributed by atoms with E-state index in [9.17, 15) is 0 Å². The van der Waals surface area contributed by atoms with E-state index in [1.54, 1.807) is 0 Å². The monoisotopic (exact) mass is 273 g/mol. The lowest BCUT2D eigenvalue weighted by molar-refractivity contribution is 0.390. The largest absolute Gasteiger partial charge is 0.440 e. The molecule has 1 aromatic carbocycles. The van der Waals surface area contributed by atoms with Gasteiger partial charge < -0.3 is 15.1 Å². The topological polar surface area (TPSA) is 50.1 Å². The Balaban J connectivity index is 1.68. The molecule has 1 saturated heterocycles. The molecule has 0 bridgehead atoms. The van der Waals surface area contributed by atoms with Gasteiger partial charge in [0.15, 0.2) is 11.5 Å². The number of nitrogens with zero attached hydrogens (tertiary/aromatic N) is 1. The summed E-state index contributed by atoms with van der Waals surface area (Å²) in [4.78, 5) is 4.55. The van der Waals surface area contributed by atoms with Crippen molar-refractivity contribution < 1.29 is 4.42 Å². The third-order valence-electron chi connectivity index (χ3n) is 3.95. The summed E-state index contributed by atoms with van der Waals surface area (Å²) in [6, 6.07) is 6.18. The Kier molecular flexibility index (Phi) is 3.92. The van der Waals surface area contributed by atoms with Crippen molar-refractivity contribution in [2.24, 2.45) is 5.92 Å². The van der Waals surface area contributed by atoms with Gasteiger partial charge in [0, 0.05) is 18.2 Å². The minimum Gasteiger partial charge on any atom is -0.440 e. The van der Waals surface area contributed by atoms with Gasteiger partial charge in [-0.2, -0.15) is 0 Å². The molecule has 0 unspecified atom stereocenters. The van der Waals surface area contributed by atoms with Crippen LogP contribution < -0.4 is 10.6 Å². The molecule has 1 aromatic heterocycles. The predicted molar refractivity (Wildman–Crippen MR) is 82.2 cm³/mol. The van der Waals surface area contributed by atoms with Crippen molar-refractivity contribution in [2.45, 2.75) is 32.6 Å². The Morgan fingerprint density at radius 3 is 2.90 bits per heavy atom. The van der Waals surface area contributed by atoms with Crippen molar-refractivity contribution in [1.29, 1.82) is 0 Å². The summed E-state index contributed by atoms with van der Waals surface area (Å²) in [6.45, 7) is 7.53. The predicted octanol–water partition coefficient (Wildman–Crippen LogP) is 3.36. The van der Waals surface area contributed by atoms with E-state index in [1.165, 1.54) is 12.8 Å². The van der Waals surface area contributed by atoms with Crippen LogP contribution in [-0.4, -0.2) is 24.6 Å². The average Bonchev–Trinajstić information content (AvgIpc) is 2.89. The maximum atomic E-state index is 5.73. The van der Waals surface area contributed by atoms with Crippen LogP contribution in [0, 0.1) is 5.92 Å². The van der Waals surface area contributed by atoms with E-state index < -0.39 is 0 Å². The summed E-state index contributed by atoms with van der Waals surface area (Å²) in [5.41, 5.74) is 2.96. The number of piperidine rings is 1.